The Bertz CT molecular complexity index is 416. The van der Waals surface area contributed by atoms with Gasteiger partial charge in [-0.2, -0.15) is 0 Å². The standard InChI is InChI=1S/C15H23N3O/c1-16-15(19)14-5-3-12(4-6-14)9-17-10-13-7-8-18(2)11-13/h3-6,13,17H,7-11H2,1-2H3,(H,16,19). The summed E-state index contributed by atoms with van der Waals surface area (Å²) in [6.07, 6.45) is 1.29. The van der Waals surface area contributed by atoms with E-state index >= 15 is 0 Å². The molecular formula is C15H23N3O. The van der Waals surface area contributed by atoms with Crippen LogP contribution in [-0.2, 0) is 6.54 Å². The van der Waals surface area contributed by atoms with Crippen molar-refractivity contribution in [3.05, 3.63) is 35.4 Å². The fourth-order valence-electron chi connectivity index (χ4n) is 2.53. The molecule has 1 unspecified atom stereocenters. The molecule has 0 aromatic heterocycles. The average Bonchev–Trinajstić information content (AvgIpc) is 2.84. The molecule has 0 saturated carbocycles. The number of carbonyl (C=O) groups excluding carboxylic acids is 1. The second-order valence-electron chi connectivity index (χ2n) is 5.32. The third-order valence-corrected chi connectivity index (χ3v) is 3.69. The highest BCUT2D eigenvalue weighted by molar-refractivity contribution is 5.93. The fourth-order valence-corrected chi connectivity index (χ4v) is 2.53. The van der Waals surface area contributed by atoms with Gasteiger partial charge in [0.2, 0.25) is 0 Å². The maximum absolute atomic E-state index is 11.4. The molecule has 0 bridgehead atoms. The molecule has 1 heterocycles. The molecule has 104 valence electrons. The molecule has 4 heteroatoms. The van der Waals surface area contributed by atoms with Crippen LogP contribution in [0.4, 0.5) is 0 Å². The summed E-state index contributed by atoms with van der Waals surface area (Å²) in [4.78, 5) is 13.8. The van der Waals surface area contributed by atoms with E-state index in [9.17, 15) is 4.79 Å². The number of hydrogen-bond acceptors (Lipinski definition) is 3. The van der Waals surface area contributed by atoms with Gasteiger partial charge in [-0.1, -0.05) is 12.1 Å². The van der Waals surface area contributed by atoms with Gasteiger partial charge in [-0.25, -0.2) is 0 Å². The van der Waals surface area contributed by atoms with E-state index in [2.05, 4.69) is 22.6 Å². The van der Waals surface area contributed by atoms with E-state index in [1.807, 2.05) is 24.3 Å². The zero-order chi connectivity index (χ0) is 13.7. The first kappa shape index (κ1) is 14.0. The highest BCUT2D eigenvalue weighted by Crippen LogP contribution is 2.13. The number of rotatable bonds is 5. The van der Waals surface area contributed by atoms with Crippen molar-refractivity contribution >= 4 is 5.91 Å². The summed E-state index contributed by atoms with van der Waals surface area (Å²) in [7, 11) is 3.83. The topological polar surface area (TPSA) is 44.4 Å². The van der Waals surface area contributed by atoms with Crippen molar-refractivity contribution in [1.82, 2.24) is 15.5 Å². The Morgan fingerprint density at radius 1 is 1.37 bits per heavy atom. The summed E-state index contributed by atoms with van der Waals surface area (Å²) in [5, 5.41) is 6.13. The first-order valence-electron chi connectivity index (χ1n) is 6.89. The summed E-state index contributed by atoms with van der Waals surface area (Å²) in [5.74, 6) is 0.739. The predicted molar refractivity (Wildman–Crippen MR) is 77.1 cm³/mol. The van der Waals surface area contributed by atoms with Crippen LogP contribution in [0.2, 0.25) is 0 Å². The lowest BCUT2D eigenvalue weighted by Gasteiger charge is -2.11. The van der Waals surface area contributed by atoms with Crippen molar-refractivity contribution in [3.63, 3.8) is 0 Å². The van der Waals surface area contributed by atoms with Gasteiger partial charge >= 0.3 is 0 Å². The van der Waals surface area contributed by atoms with E-state index in [4.69, 9.17) is 0 Å². The van der Waals surface area contributed by atoms with Crippen molar-refractivity contribution in [3.8, 4) is 0 Å². The van der Waals surface area contributed by atoms with E-state index in [1.165, 1.54) is 25.1 Å². The van der Waals surface area contributed by atoms with Crippen molar-refractivity contribution in [1.29, 1.82) is 0 Å². The number of hydrogen-bond donors (Lipinski definition) is 2. The second-order valence-corrected chi connectivity index (χ2v) is 5.32. The van der Waals surface area contributed by atoms with Gasteiger partial charge in [0.05, 0.1) is 0 Å². The maximum atomic E-state index is 11.4. The molecule has 1 aromatic carbocycles. The highest BCUT2D eigenvalue weighted by atomic mass is 16.1. The number of amides is 1. The molecule has 2 N–H and O–H groups in total. The lowest BCUT2D eigenvalue weighted by atomic mass is 10.1. The van der Waals surface area contributed by atoms with E-state index < -0.39 is 0 Å². The minimum Gasteiger partial charge on any atom is -0.355 e. The number of likely N-dealkylation sites (tertiary alicyclic amines) is 1. The molecule has 0 radical (unpaired) electrons. The zero-order valence-corrected chi connectivity index (χ0v) is 11.8. The largest absolute Gasteiger partial charge is 0.355 e. The summed E-state index contributed by atoms with van der Waals surface area (Å²) >= 11 is 0. The van der Waals surface area contributed by atoms with Gasteiger partial charge in [0, 0.05) is 25.7 Å². The maximum Gasteiger partial charge on any atom is 0.251 e. The summed E-state index contributed by atoms with van der Waals surface area (Å²) in [5.41, 5.74) is 1.93. The molecule has 1 aliphatic rings. The minimum atomic E-state index is -0.0338. The molecule has 1 aliphatic heterocycles. The number of benzene rings is 1. The van der Waals surface area contributed by atoms with Gasteiger partial charge in [-0.15, -0.1) is 0 Å². The second kappa shape index (κ2) is 6.68. The first-order chi connectivity index (χ1) is 9.19. The van der Waals surface area contributed by atoms with E-state index in [1.54, 1.807) is 7.05 Å². The zero-order valence-electron chi connectivity index (χ0n) is 11.8. The lowest BCUT2D eigenvalue weighted by Crippen LogP contribution is -2.24. The predicted octanol–water partition coefficient (Wildman–Crippen LogP) is 1.09. The lowest BCUT2D eigenvalue weighted by molar-refractivity contribution is 0.0963. The van der Waals surface area contributed by atoms with Gasteiger partial charge in [-0.05, 0) is 50.2 Å². The Morgan fingerprint density at radius 3 is 2.68 bits per heavy atom. The Labute approximate surface area is 115 Å². The van der Waals surface area contributed by atoms with Crippen LogP contribution in [0.15, 0.2) is 24.3 Å². The monoisotopic (exact) mass is 261 g/mol. The van der Waals surface area contributed by atoms with Crippen LogP contribution in [0, 0.1) is 5.92 Å². The van der Waals surface area contributed by atoms with Gasteiger partial charge < -0.3 is 15.5 Å². The molecule has 1 amide bonds. The number of carbonyl (C=O) groups is 1. The molecule has 2 rings (SSSR count). The molecule has 1 saturated heterocycles. The SMILES string of the molecule is CNC(=O)c1ccc(CNCC2CCN(C)C2)cc1. The molecule has 19 heavy (non-hydrogen) atoms. The quantitative estimate of drug-likeness (QED) is 0.834. The molecular weight excluding hydrogens is 238 g/mol. The summed E-state index contributed by atoms with van der Waals surface area (Å²) in [6.45, 7) is 4.35. The third kappa shape index (κ3) is 4.04. The summed E-state index contributed by atoms with van der Waals surface area (Å²) < 4.78 is 0. The fraction of sp³-hybridized carbons (Fsp3) is 0.533. The molecule has 1 aromatic rings. The Hall–Kier alpha value is -1.39. The highest BCUT2D eigenvalue weighted by Gasteiger charge is 2.18. The number of nitrogens with one attached hydrogen (secondary N) is 2. The molecule has 1 atom stereocenters. The molecule has 1 fully saturated rings. The van der Waals surface area contributed by atoms with Crippen LogP contribution >= 0.6 is 0 Å². The van der Waals surface area contributed by atoms with Gasteiger partial charge in [0.1, 0.15) is 0 Å². The normalized spacial score (nSPS) is 19.6. The Kier molecular flexibility index (Phi) is 4.93. The van der Waals surface area contributed by atoms with E-state index in [0.717, 1.165) is 19.0 Å². The third-order valence-electron chi connectivity index (χ3n) is 3.69. The molecule has 0 spiro atoms. The van der Waals surface area contributed by atoms with Crippen LogP contribution in [0.5, 0.6) is 0 Å². The summed E-state index contributed by atoms with van der Waals surface area (Å²) in [6, 6.07) is 7.77. The Balaban J connectivity index is 1.75. The number of nitrogens with zero attached hydrogens (tertiary/aromatic N) is 1. The first-order valence-corrected chi connectivity index (χ1v) is 6.89. The molecule has 0 aliphatic carbocycles. The minimum absolute atomic E-state index is 0.0338. The van der Waals surface area contributed by atoms with Gasteiger partial charge in [0.15, 0.2) is 0 Å². The van der Waals surface area contributed by atoms with Crippen molar-refractivity contribution in [2.75, 3.05) is 33.7 Å². The average molecular weight is 261 g/mol. The van der Waals surface area contributed by atoms with Gasteiger partial charge in [-0.3, -0.25) is 4.79 Å². The van der Waals surface area contributed by atoms with Crippen LogP contribution in [0.25, 0.3) is 0 Å². The smallest absolute Gasteiger partial charge is 0.251 e. The van der Waals surface area contributed by atoms with Crippen molar-refractivity contribution < 1.29 is 4.79 Å². The van der Waals surface area contributed by atoms with Crippen molar-refractivity contribution in [2.45, 2.75) is 13.0 Å². The van der Waals surface area contributed by atoms with Crippen LogP contribution < -0.4 is 10.6 Å². The van der Waals surface area contributed by atoms with Crippen LogP contribution in [-0.4, -0.2) is 44.5 Å². The van der Waals surface area contributed by atoms with Crippen LogP contribution in [0.1, 0.15) is 22.3 Å². The Morgan fingerprint density at radius 2 is 2.11 bits per heavy atom. The van der Waals surface area contributed by atoms with E-state index in [0.29, 0.717) is 5.56 Å². The van der Waals surface area contributed by atoms with Crippen molar-refractivity contribution in [2.24, 2.45) is 5.92 Å². The van der Waals surface area contributed by atoms with Crippen LogP contribution in [0.3, 0.4) is 0 Å². The van der Waals surface area contributed by atoms with E-state index in [-0.39, 0.29) is 5.91 Å². The van der Waals surface area contributed by atoms with Gasteiger partial charge in [0.25, 0.3) is 5.91 Å². The molecule has 4 nitrogen and oxygen atoms in total.